The topological polar surface area (TPSA) is 64.6 Å². The van der Waals surface area contributed by atoms with Crippen molar-refractivity contribution in [3.05, 3.63) is 45.3 Å². The molecule has 5 nitrogen and oxygen atoms in total. The summed E-state index contributed by atoms with van der Waals surface area (Å²) in [6, 6.07) is 5.94. The second kappa shape index (κ2) is 8.78. The summed E-state index contributed by atoms with van der Waals surface area (Å²) in [5, 5.41) is 3.31. The number of carbonyl (C=O) groups excluding carboxylic acids is 2. The highest BCUT2D eigenvalue weighted by Gasteiger charge is 2.23. The number of esters is 1. The van der Waals surface area contributed by atoms with Crippen LogP contribution in [-0.4, -0.2) is 25.1 Å². The van der Waals surface area contributed by atoms with Crippen LogP contribution in [0, 0.1) is 20.8 Å². The van der Waals surface area contributed by atoms with Crippen molar-refractivity contribution in [2.75, 3.05) is 18.5 Å². The van der Waals surface area contributed by atoms with Crippen LogP contribution in [0.1, 0.15) is 59.6 Å². The normalized spacial score (nSPS) is 11.2. The van der Waals surface area contributed by atoms with E-state index in [1.807, 2.05) is 32.9 Å². The van der Waals surface area contributed by atoms with Crippen molar-refractivity contribution < 1.29 is 19.1 Å². The number of rotatable bonds is 6. The fraction of sp³-hybridized carbons (Fsp3) is 0.455. The first kappa shape index (κ1) is 22.0. The largest absolute Gasteiger partial charge is 0.483 e. The van der Waals surface area contributed by atoms with Gasteiger partial charge in [0, 0.05) is 4.88 Å². The van der Waals surface area contributed by atoms with E-state index in [1.54, 1.807) is 6.92 Å². The molecule has 6 heteroatoms. The highest BCUT2D eigenvalue weighted by atomic mass is 32.1. The predicted molar refractivity (Wildman–Crippen MR) is 114 cm³/mol. The third kappa shape index (κ3) is 5.13. The highest BCUT2D eigenvalue weighted by Crippen LogP contribution is 2.34. The van der Waals surface area contributed by atoms with E-state index in [0.717, 1.165) is 21.6 Å². The van der Waals surface area contributed by atoms with Gasteiger partial charge in [0.15, 0.2) is 6.61 Å². The zero-order chi connectivity index (χ0) is 21.1. The lowest BCUT2D eigenvalue weighted by Crippen LogP contribution is -2.22. The SMILES string of the molecule is CCOC(=O)c1c(NC(=O)COc2ccc(C)cc2C(C)(C)C)sc(C)c1C. The van der Waals surface area contributed by atoms with Crippen molar-refractivity contribution in [2.24, 2.45) is 0 Å². The zero-order valence-electron chi connectivity index (χ0n) is 17.7. The van der Waals surface area contributed by atoms with Crippen molar-refractivity contribution in [2.45, 2.75) is 53.9 Å². The fourth-order valence-electron chi connectivity index (χ4n) is 2.83. The van der Waals surface area contributed by atoms with Gasteiger partial charge in [-0.15, -0.1) is 11.3 Å². The van der Waals surface area contributed by atoms with Crippen LogP contribution in [0.15, 0.2) is 18.2 Å². The van der Waals surface area contributed by atoms with Gasteiger partial charge in [-0.2, -0.15) is 0 Å². The van der Waals surface area contributed by atoms with Gasteiger partial charge in [-0.25, -0.2) is 4.79 Å². The molecule has 0 saturated carbocycles. The molecule has 2 rings (SSSR count). The number of amides is 1. The van der Waals surface area contributed by atoms with E-state index in [4.69, 9.17) is 9.47 Å². The summed E-state index contributed by atoms with van der Waals surface area (Å²) in [5.74, 6) is -0.0428. The lowest BCUT2D eigenvalue weighted by molar-refractivity contribution is -0.118. The molecule has 0 fully saturated rings. The van der Waals surface area contributed by atoms with E-state index in [-0.39, 0.29) is 24.5 Å². The fourth-order valence-corrected chi connectivity index (χ4v) is 3.89. The number of carbonyl (C=O) groups is 2. The second-order valence-electron chi connectivity index (χ2n) is 7.79. The minimum atomic E-state index is -0.422. The van der Waals surface area contributed by atoms with Gasteiger partial charge in [0.05, 0.1) is 12.2 Å². The van der Waals surface area contributed by atoms with E-state index in [0.29, 0.717) is 16.3 Å². The lowest BCUT2D eigenvalue weighted by atomic mass is 9.85. The summed E-state index contributed by atoms with van der Waals surface area (Å²) in [5.41, 5.74) is 3.34. The molecule has 0 aliphatic carbocycles. The van der Waals surface area contributed by atoms with Crippen LogP contribution in [0.3, 0.4) is 0 Å². The Kier molecular flexibility index (Phi) is 6.88. The number of nitrogens with one attached hydrogen (secondary N) is 1. The summed E-state index contributed by atoms with van der Waals surface area (Å²) in [7, 11) is 0. The number of anilines is 1. The van der Waals surface area contributed by atoms with Gasteiger partial charge in [-0.05, 0) is 50.3 Å². The molecule has 0 atom stereocenters. The third-order valence-corrected chi connectivity index (χ3v) is 5.54. The van der Waals surface area contributed by atoms with Gasteiger partial charge in [0.25, 0.3) is 5.91 Å². The van der Waals surface area contributed by atoms with Gasteiger partial charge in [-0.1, -0.05) is 38.5 Å². The Balaban J connectivity index is 2.15. The van der Waals surface area contributed by atoms with E-state index in [1.165, 1.54) is 11.3 Å². The number of benzene rings is 1. The molecule has 1 aromatic heterocycles. The smallest absolute Gasteiger partial charge is 0.341 e. The van der Waals surface area contributed by atoms with E-state index >= 15 is 0 Å². The Morgan fingerprint density at radius 1 is 1.14 bits per heavy atom. The molecule has 2 aromatic rings. The molecule has 0 saturated heterocycles. The summed E-state index contributed by atoms with van der Waals surface area (Å²) in [6.07, 6.45) is 0. The van der Waals surface area contributed by atoms with Crippen molar-refractivity contribution in [3.63, 3.8) is 0 Å². The van der Waals surface area contributed by atoms with Crippen molar-refractivity contribution in [3.8, 4) is 5.75 Å². The Morgan fingerprint density at radius 2 is 1.82 bits per heavy atom. The van der Waals surface area contributed by atoms with Crippen LogP contribution in [-0.2, 0) is 14.9 Å². The molecule has 0 radical (unpaired) electrons. The highest BCUT2D eigenvalue weighted by molar-refractivity contribution is 7.16. The number of hydrogen-bond donors (Lipinski definition) is 1. The first-order valence-electron chi connectivity index (χ1n) is 9.35. The van der Waals surface area contributed by atoms with Gasteiger partial charge in [0.1, 0.15) is 10.8 Å². The average molecular weight is 404 g/mol. The van der Waals surface area contributed by atoms with Crippen LogP contribution in [0.25, 0.3) is 0 Å². The van der Waals surface area contributed by atoms with Crippen molar-refractivity contribution in [1.29, 1.82) is 0 Å². The maximum atomic E-state index is 12.5. The molecule has 0 aliphatic heterocycles. The Hall–Kier alpha value is -2.34. The zero-order valence-corrected chi connectivity index (χ0v) is 18.5. The summed E-state index contributed by atoms with van der Waals surface area (Å²) >= 11 is 1.37. The molecule has 152 valence electrons. The van der Waals surface area contributed by atoms with Crippen LogP contribution in [0.4, 0.5) is 5.00 Å². The first-order valence-corrected chi connectivity index (χ1v) is 10.2. The molecule has 1 N–H and O–H groups in total. The average Bonchev–Trinajstić information content (AvgIpc) is 2.87. The summed E-state index contributed by atoms with van der Waals surface area (Å²) in [4.78, 5) is 25.7. The van der Waals surface area contributed by atoms with Gasteiger partial charge >= 0.3 is 5.97 Å². The number of ether oxygens (including phenoxy) is 2. The van der Waals surface area contributed by atoms with Gasteiger partial charge in [0.2, 0.25) is 0 Å². The van der Waals surface area contributed by atoms with E-state index in [2.05, 4.69) is 32.2 Å². The van der Waals surface area contributed by atoms with Gasteiger partial charge in [-0.3, -0.25) is 4.79 Å². The summed E-state index contributed by atoms with van der Waals surface area (Å²) in [6.45, 7) is 14.0. The molecule has 0 spiro atoms. The number of thiophene rings is 1. The maximum Gasteiger partial charge on any atom is 0.341 e. The van der Waals surface area contributed by atoms with Crippen LogP contribution < -0.4 is 10.1 Å². The minimum absolute atomic E-state index is 0.100. The lowest BCUT2D eigenvalue weighted by Gasteiger charge is -2.23. The second-order valence-corrected chi connectivity index (χ2v) is 9.02. The Labute approximate surface area is 171 Å². The summed E-state index contributed by atoms with van der Waals surface area (Å²) < 4.78 is 10.9. The standard InChI is InChI=1S/C22H29NO4S/c1-8-26-21(25)19-14(3)15(4)28-20(19)23-18(24)12-27-17-10-9-13(2)11-16(17)22(5,6)7/h9-11H,8,12H2,1-7H3,(H,23,24). The van der Waals surface area contributed by atoms with Crippen LogP contribution in [0.2, 0.25) is 0 Å². The predicted octanol–water partition coefficient (Wildman–Crippen LogP) is 5.17. The van der Waals surface area contributed by atoms with E-state index in [9.17, 15) is 9.59 Å². The molecule has 1 heterocycles. The number of hydrogen-bond acceptors (Lipinski definition) is 5. The van der Waals surface area contributed by atoms with Crippen molar-refractivity contribution in [1.82, 2.24) is 0 Å². The van der Waals surface area contributed by atoms with Crippen LogP contribution >= 0.6 is 11.3 Å². The Bertz CT molecular complexity index is 877. The number of aryl methyl sites for hydroxylation is 2. The molecule has 1 amide bonds. The minimum Gasteiger partial charge on any atom is -0.483 e. The van der Waals surface area contributed by atoms with Crippen LogP contribution in [0.5, 0.6) is 5.75 Å². The quantitative estimate of drug-likeness (QED) is 0.676. The Morgan fingerprint density at radius 3 is 2.43 bits per heavy atom. The molecular formula is C22H29NO4S. The molecule has 0 unspecified atom stereocenters. The maximum absolute atomic E-state index is 12.5. The molecule has 1 aromatic carbocycles. The molecular weight excluding hydrogens is 374 g/mol. The van der Waals surface area contributed by atoms with Gasteiger partial charge < -0.3 is 14.8 Å². The van der Waals surface area contributed by atoms with E-state index < -0.39 is 5.97 Å². The molecule has 0 aliphatic rings. The first-order chi connectivity index (χ1) is 13.0. The molecule has 0 bridgehead atoms. The van der Waals surface area contributed by atoms with Crippen molar-refractivity contribution >= 4 is 28.2 Å². The molecule has 28 heavy (non-hydrogen) atoms. The monoisotopic (exact) mass is 403 g/mol. The third-order valence-electron chi connectivity index (χ3n) is 4.42.